The first-order valence-corrected chi connectivity index (χ1v) is 15.5. The van der Waals surface area contributed by atoms with Gasteiger partial charge in [0.2, 0.25) is 0 Å². The molecule has 39 heavy (non-hydrogen) atoms. The lowest BCUT2D eigenvalue weighted by atomic mass is 9.58. The summed E-state index contributed by atoms with van der Waals surface area (Å²) >= 11 is 0. The monoisotopic (exact) mass is 524 g/mol. The highest BCUT2D eigenvalue weighted by Gasteiger charge is 2.67. The molecule has 3 spiro atoms. The van der Waals surface area contributed by atoms with Crippen molar-refractivity contribution in [3.8, 4) is 0 Å². The summed E-state index contributed by atoms with van der Waals surface area (Å²) in [4.78, 5) is 4.39. The van der Waals surface area contributed by atoms with Gasteiger partial charge in [-0.15, -0.1) is 0 Å². The van der Waals surface area contributed by atoms with Crippen LogP contribution in [0, 0.1) is 22.0 Å². The molecule has 3 saturated heterocycles. The third-order valence-corrected chi connectivity index (χ3v) is 12.8. The highest BCUT2D eigenvalue weighted by molar-refractivity contribution is 5.82. The molecule has 4 unspecified atom stereocenters. The number of hydrogen-bond acceptors (Lipinski definition) is 4. The molecule has 2 aromatic rings. The second kappa shape index (κ2) is 7.61. The van der Waals surface area contributed by atoms with E-state index in [0.717, 1.165) is 71.2 Å². The van der Waals surface area contributed by atoms with E-state index in [2.05, 4.69) is 48.3 Å². The second-order valence-electron chi connectivity index (χ2n) is 14.7. The normalized spacial score (nSPS) is 45.3. The largest absolute Gasteiger partial charge is 0.633 e. The number of pyridine rings is 1. The molecule has 5 fully saturated rings. The quantitative estimate of drug-likeness (QED) is 0.329. The van der Waals surface area contributed by atoms with E-state index in [1.807, 2.05) is 12.4 Å². The molecule has 2 bridgehead atoms. The summed E-state index contributed by atoms with van der Waals surface area (Å²) in [6.45, 7) is 5.66. The van der Waals surface area contributed by atoms with Crippen molar-refractivity contribution in [1.82, 2.24) is 4.98 Å². The third-order valence-electron chi connectivity index (χ3n) is 12.8. The molecule has 5 nitrogen and oxygen atoms in total. The lowest BCUT2D eigenvalue weighted by molar-refractivity contribution is -0.899. The Morgan fingerprint density at radius 3 is 2.82 bits per heavy atom. The van der Waals surface area contributed by atoms with Gasteiger partial charge in [-0.05, 0) is 90.0 Å². The van der Waals surface area contributed by atoms with Crippen LogP contribution in [0.25, 0.3) is 10.8 Å². The van der Waals surface area contributed by atoms with Crippen molar-refractivity contribution in [2.45, 2.75) is 87.9 Å². The molecule has 7 atom stereocenters. The third kappa shape index (κ3) is 3.03. The summed E-state index contributed by atoms with van der Waals surface area (Å²) < 4.78 is 13.1. The van der Waals surface area contributed by atoms with Gasteiger partial charge in [0, 0.05) is 37.0 Å². The molecule has 5 heterocycles. The molecular weight excluding hydrogens is 484 g/mol. The van der Waals surface area contributed by atoms with Gasteiger partial charge in [0.05, 0.1) is 49.0 Å². The molecule has 0 radical (unpaired) electrons. The van der Waals surface area contributed by atoms with Crippen LogP contribution in [0.1, 0.15) is 76.2 Å². The number of hydrogen-bond donors (Lipinski definition) is 0. The van der Waals surface area contributed by atoms with Gasteiger partial charge in [-0.3, -0.25) is 4.98 Å². The van der Waals surface area contributed by atoms with Crippen molar-refractivity contribution in [3.63, 3.8) is 0 Å². The number of quaternary nitrogens is 1. The molecule has 1 aromatic carbocycles. The molecular formula is C34H40N2O3. The molecule has 0 amide bonds. The van der Waals surface area contributed by atoms with E-state index < -0.39 is 0 Å². The van der Waals surface area contributed by atoms with Crippen LogP contribution in [0.5, 0.6) is 0 Å². The van der Waals surface area contributed by atoms with Crippen molar-refractivity contribution in [1.29, 1.82) is 0 Å². The molecule has 1 aromatic heterocycles. The van der Waals surface area contributed by atoms with Gasteiger partial charge in [-0.2, -0.15) is 0 Å². The first-order valence-electron chi connectivity index (χ1n) is 15.5. The average Bonchev–Trinajstić information content (AvgIpc) is 3.58. The predicted octanol–water partition coefficient (Wildman–Crippen LogP) is 6.58. The lowest BCUT2D eigenvalue weighted by Crippen LogP contribution is -2.59. The van der Waals surface area contributed by atoms with Crippen molar-refractivity contribution in [3.05, 3.63) is 70.7 Å². The fraction of sp³-hybridized carbons (Fsp3) is 0.618. The van der Waals surface area contributed by atoms with Crippen LogP contribution in [0.4, 0.5) is 0 Å². The lowest BCUT2D eigenvalue weighted by Gasteiger charge is -2.57. The maximum atomic E-state index is 14.2. The number of aromatic nitrogens is 1. The Morgan fingerprint density at radius 1 is 1.05 bits per heavy atom. The van der Waals surface area contributed by atoms with E-state index in [4.69, 9.17) is 9.47 Å². The topological polar surface area (TPSA) is 54.4 Å². The fourth-order valence-corrected chi connectivity index (χ4v) is 10.7. The first-order chi connectivity index (χ1) is 18.9. The standard InChI is InChI=1S/C34H40N2O3/c1-31-10-8-27-17-26-4-5-28(36(37)15-13-32(20-36)21-38-22-32)18-33(26)11-12-34(27,39-33)30(31)7-6-29(31)24-3-2-23-9-14-35-19-25(23)16-24/h2-3,8-9,14,16-17,19,28-30H,4-7,10-13,15,18,20-22H2,1H3/t28?,29?,30-,31?,33-,34-,36?/m1/s1. The minimum absolute atomic E-state index is 0.00249. The van der Waals surface area contributed by atoms with E-state index in [9.17, 15) is 5.21 Å². The van der Waals surface area contributed by atoms with Gasteiger partial charge in [0.25, 0.3) is 0 Å². The number of nitrogens with zero attached hydrogens (tertiary/aromatic N) is 2. The molecule has 9 rings (SSSR count). The van der Waals surface area contributed by atoms with Gasteiger partial charge in [-0.1, -0.05) is 31.2 Å². The Hall–Kier alpha value is -2.05. The minimum atomic E-state index is -0.216. The number of hydroxylamine groups is 3. The van der Waals surface area contributed by atoms with Gasteiger partial charge < -0.3 is 19.3 Å². The van der Waals surface area contributed by atoms with Crippen LogP contribution in [-0.2, 0) is 9.47 Å². The van der Waals surface area contributed by atoms with Gasteiger partial charge in [0.15, 0.2) is 0 Å². The Kier molecular flexibility index (Phi) is 4.61. The number of benzene rings is 1. The van der Waals surface area contributed by atoms with E-state index in [1.54, 1.807) is 0 Å². The zero-order chi connectivity index (χ0) is 26.1. The summed E-state index contributed by atoms with van der Waals surface area (Å²) in [5, 5.41) is 16.7. The number of fused-ring (bicyclic) bond motifs is 2. The molecule has 4 aliphatic heterocycles. The van der Waals surface area contributed by atoms with Gasteiger partial charge >= 0.3 is 0 Å². The van der Waals surface area contributed by atoms with Crippen molar-refractivity contribution in [2.75, 3.05) is 26.3 Å². The maximum absolute atomic E-state index is 14.2. The van der Waals surface area contributed by atoms with Crippen LogP contribution in [0.3, 0.4) is 0 Å². The van der Waals surface area contributed by atoms with Crippen LogP contribution in [-0.4, -0.2) is 53.2 Å². The SMILES string of the molecule is CC12CC=C3C=C4CCC([N+]5([O-])CCC6(COC6)C5)C[C@]45CC[C@]3(O5)[C@@H]1CCC2c1ccc2ccncc2c1. The Balaban J connectivity index is 1.04. The first kappa shape index (κ1) is 23.6. The zero-order valence-electron chi connectivity index (χ0n) is 23.2. The summed E-state index contributed by atoms with van der Waals surface area (Å²) in [7, 11) is 0. The van der Waals surface area contributed by atoms with E-state index in [-0.39, 0.29) is 32.7 Å². The molecule has 2 saturated carbocycles. The van der Waals surface area contributed by atoms with Crippen LogP contribution >= 0.6 is 0 Å². The van der Waals surface area contributed by atoms with Crippen molar-refractivity contribution >= 4 is 10.8 Å². The van der Waals surface area contributed by atoms with Crippen molar-refractivity contribution in [2.24, 2.45) is 16.7 Å². The number of rotatable bonds is 2. The molecule has 5 heteroatoms. The maximum Gasteiger partial charge on any atom is 0.0975 e. The highest BCUT2D eigenvalue weighted by atomic mass is 16.6. The van der Waals surface area contributed by atoms with Crippen LogP contribution in [0.2, 0.25) is 0 Å². The van der Waals surface area contributed by atoms with Gasteiger partial charge in [0.1, 0.15) is 0 Å². The van der Waals surface area contributed by atoms with E-state index in [1.165, 1.54) is 40.3 Å². The fourth-order valence-electron chi connectivity index (χ4n) is 10.7. The molecule has 204 valence electrons. The number of likely N-dealkylation sites (tertiary alicyclic amines) is 1. The van der Waals surface area contributed by atoms with Gasteiger partial charge in [-0.25, -0.2) is 0 Å². The number of allylic oxidation sites excluding steroid dienone is 1. The zero-order valence-corrected chi connectivity index (χ0v) is 23.2. The predicted molar refractivity (Wildman–Crippen MR) is 151 cm³/mol. The summed E-state index contributed by atoms with van der Waals surface area (Å²) in [5.41, 5.74) is 4.38. The summed E-state index contributed by atoms with van der Waals surface area (Å²) in [6.07, 6.45) is 18.7. The Labute approximate surface area is 231 Å². The van der Waals surface area contributed by atoms with Crippen LogP contribution < -0.4 is 0 Å². The number of ether oxygens (including phenoxy) is 2. The van der Waals surface area contributed by atoms with E-state index >= 15 is 0 Å². The molecule has 3 aliphatic carbocycles. The Bertz CT molecular complexity index is 1440. The summed E-state index contributed by atoms with van der Waals surface area (Å²) in [6, 6.07) is 9.32. The van der Waals surface area contributed by atoms with E-state index in [0.29, 0.717) is 11.8 Å². The molecule has 7 aliphatic rings. The molecule has 0 N–H and O–H groups in total. The second-order valence-corrected chi connectivity index (χ2v) is 14.7. The smallest absolute Gasteiger partial charge is 0.0975 e. The highest BCUT2D eigenvalue weighted by Crippen LogP contribution is 2.69. The average molecular weight is 525 g/mol. The minimum Gasteiger partial charge on any atom is -0.633 e. The Morgan fingerprint density at radius 2 is 1.97 bits per heavy atom. The summed E-state index contributed by atoms with van der Waals surface area (Å²) in [5.74, 6) is 1.06. The van der Waals surface area contributed by atoms with Crippen molar-refractivity contribution < 1.29 is 14.1 Å². The van der Waals surface area contributed by atoms with Crippen LogP contribution in [0.15, 0.2) is 60.0 Å².